The van der Waals surface area contributed by atoms with E-state index in [4.69, 9.17) is 0 Å². The molecular formula is C18H23N5O3. The van der Waals surface area contributed by atoms with E-state index in [0.717, 1.165) is 0 Å². The Balaban J connectivity index is 2.28. The Morgan fingerprint density at radius 1 is 1.15 bits per heavy atom. The van der Waals surface area contributed by atoms with E-state index in [0.29, 0.717) is 11.5 Å². The van der Waals surface area contributed by atoms with E-state index >= 15 is 0 Å². The highest BCUT2D eigenvalue weighted by atomic mass is 16.2. The minimum Gasteiger partial charge on any atom is -0.347 e. The van der Waals surface area contributed by atoms with Gasteiger partial charge in [0.2, 0.25) is 11.8 Å². The van der Waals surface area contributed by atoms with Crippen LogP contribution in [0.1, 0.15) is 24.3 Å². The zero-order chi connectivity index (χ0) is 19.3. The first kappa shape index (κ1) is 19.2. The van der Waals surface area contributed by atoms with Gasteiger partial charge >= 0.3 is 0 Å². The molecule has 1 aromatic carbocycles. The van der Waals surface area contributed by atoms with Crippen molar-refractivity contribution >= 4 is 23.5 Å². The van der Waals surface area contributed by atoms with Crippen molar-refractivity contribution in [1.82, 2.24) is 20.0 Å². The Morgan fingerprint density at radius 2 is 1.81 bits per heavy atom. The summed E-state index contributed by atoms with van der Waals surface area (Å²) in [6, 6.07) is 10.6. The molecule has 8 nitrogen and oxygen atoms in total. The lowest BCUT2D eigenvalue weighted by atomic mass is 10.2. The highest BCUT2D eigenvalue weighted by molar-refractivity contribution is 5.97. The van der Waals surface area contributed by atoms with Gasteiger partial charge in [-0.3, -0.25) is 14.4 Å². The molecule has 2 N–H and O–H groups in total. The molecule has 0 radical (unpaired) electrons. The van der Waals surface area contributed by atoms with Gasteiger partial charge in [-0.15, -0.1) is 0 Å². The molecule has 0 aliphatic carbocycles. The lowest BCUT2D eigenvalue weighted by Crippen LogP contribution is -2.36. The SMILES string of the molecule is CC(C)C(=O)Nc1cc(C(=O)NCC(=O)N(C)C)nn1-c1ccccc1. The molecule has 8 heteroatoms. The molecule has 0 unspecified atom stereocenters. The van der Waals surface area contributed by atoms with Crippen molar-refractivity contribution in [3.63, 3.8) is 0 Å². The maximum atomic E-state index is 12.3. The van der Waals surface area contributed by atoms with Gasteiger partial charge in [-0.2, -0.15) is 5.10 Å². The van der Waals surface area contributed by atoms with Crippen LogP contribution in [0.2, 0.25) is 0 Å². The van der Waals surface area contributed by atoms with E-state index in [1.165, 1.54) is 15.6 Å². The Bertz CT molecular complexity index is 796. The molecule has 2 aromatic rings. The van der Waals surface area contributed by atoms with Crippen LogP contribution in [0.3, 0.4) is 0 Å². The number of aromatic nitrogens is 2. The number of benzene rings is 1. The minimum absolute atomic E-state index is 0.111. The summed E-state index contributed by atoms with van der Waals surface area (Å²) in [4.78, 5) is 37.4. The van der Waals surface area contributed by atoms with Gasteiger partial charge in [0, 0.05) is 26.1 Å². The third-order valence-electron chi connectivity index (χ3n) is 3.62. The van der Waals surface area contributed by atoms with Crippen LogP contribution in [-0.4, -0.2) is 53.0 Å². The second-order valence-corrected chi connectivity index (χ2v) is 6.28. The zero-order valence-electron chi connectivity index (χ0n) is 15.3. The first-order chi connectivity index (χ1) is 12.3. The summed E-state index contributed by atoms with van der Waals surface area (Å²) < 4.78 is 1.49. The molecule has 0 saturated heterocycles. The number of nitrogens with zero attached hydrogens (tertiary/aromatic N) is 3. The molecule has 26 heavy (non-hydrogen) atoms. The maximum absolute atomic E-state index is 12.3. The second-order valence-electron chi connectivity index (χ2n) is 6.28. The van der Waals surface area contributed by atoms with E-state index in [9.17, 15) is 14.4 Å². The normalized spacial score (nSPS) is 10.5. The van der Waals surface area contributed by atoms with Gasteiger partial charge in [0.1, 0.15) is 5.82 Å². The first-order valence-corrected chi connectivity index (χ1v) is 8.24. The number of rotatable bonds is 6. The third-order valence-corrected chi connectivity index (χ3v) is 3.62. The van der Waals surface area contributed by atoms with Crippen LogP contribution >= 0.6 is 0 Å². The van der Waals surface area contributed by atoms with Crippen LogP contribution in [-0.2, 0) is 9.59 Å². The summed E-state index contributed by atoms with van der Waals surface area (Å²) in [6.45, 7) is 3.43. The fourth-order valence-electron chi connectivity index (χ4n) is 2.02. The number of hydrogen-bond acceptors (Lipinski definition) is 4. The van der Waals surface area contributed by atoms with Gasteiger partial charge < -0.3 is 15.5 Å². The Morgan fingerprint density at radius 3 is 2.38 bits per heavy atom. The van der Waals surface area contributed by atoms with Gasteiger partial charge in [0.15, 0.2) is 5.69 Å². The minimum atomic E-state index is -0.491. The molecule has 0 atom stereocenters. The first-order valence-electron chi connectivity index (χ1n) is 8.24. The molecule has 1 aromatic heterocycles. The average Bonchev–Trinajstić information content (AvgIpc) is 3.03. The molecule has 0 aliphatic rings. The lowest BCUT2D eigenvalue weighted by molar-refractivity contribution is -0.127. The molecule has 3 amide bonds. The zero-order valence-corrected chi connectivity index (χ0v) is 15.3. The van der Waals surface area contributed by atoms with Crippen molar-refractivity contribution in [3.05, 3.63) is 42.1 Å². The largest absolute Gasteiger partial charge is 0.347 e. The van der Waals surface area contributed by atoms with Crippen LogP contribution in [0.25, 0.3) is 5.69 Å². The van der Waals surface area contributed by atoms with Crippen molar-refractivity contribution in [2.45, 2.75) is 13.8 Å². The van der Waals surface area contributed by atoms with Crippen molar-refractivity contribution in [2.24, 2.45) is 5.92 Å². The number of para-hydroxylation sites is 1. The summed E-state index contributed by atoms with van der Waals surface area (Å²) in [5.41, 5.74) is 0.814. The summed E-state index contributed by atoms with van der Waals surface area (Å²) in [7, 11) is 3.22. The van der Waals surface area contributed by atoms with Gasteiger partial charge in [0.05, 0.1) is 12.2 Å². The number of amides is 3. The van der Waals surface area contributed by atoms with Crippen LogP contribution in [0.5, 0.6) is 0 Å². The van der Waals surface area contributed by atoms with Gasteiger partial charge in [0.25, 0.3) is 5.91 Å². The predicted octanol–water partition coefficient (Wildman–Crippen LogP) is 1.28. The molecule has 138 valence electrons. The molecule has 0 aliphatic heterocycles. The molecule has 0 spiro atoms. The Hall–Kier alpha value is -3.16. The number of hydrogen-bond donors (Lipinski definition) is 2. The Labute approximate surface area is 152 Å². The van der Waals surface area contributed by atoms with Crippen LogP contribution < -0.4 is 10.6 Å². The molecule has 0 bridgehead atoms. The molecule has 0 fully saturated rings. The van der Waals surface area contributed by atoms with Crippen LogP contribution in [0.4, 0.5) is 5.82 Å². The monoisotopic (exact) mass is 357 g/mol. The average molecular weight is 357 g/mol. The standard InChI is InChI=1S/C18H23N5O3/c1-12(2)17(25)20-15-10-14(18(26)19-11-16(24)22(3)4)21-23(15)13-8-6-5-7-9-13/h5-10,12H,11H2,1-4H3,(H,19,26)(H,20,25). The van der Waals surface area contributed by atoms with Gasteiger partial charge in [-0.1, -0.05) is 32.0 Å². The summed E-state index contributed by atoms with van der Waals surface area (Å²) in [5.74, 6) is -0.732. The van der Waals surface area contributed by atoms with Crippen molar-refractivity contribution in [1.29, 1.82) is 0 Å². The molecule has 0 saturated carbocycles. The van der Waals surface area contributed by atoms with E-state index in [-0.39, 0.29) is 30.0 Å². The van der Waals surface area contributed by atoms with Crippen molar-refractivity contribution in [3.8, 4) is 5.69 Å². The number of carbonyl (C=O) groups excluding carboxylic acids is 3. The quantitative estimate of drug-likeness (QED) is 0.814. The van der Waals surface area contributed by atoms with Crippen molar-refractivity contribution < 1.29 is 14.4 Å². The molecule has 1 heterocycles. The fraction of sp³-hybridized carbons (Fsp3) is 0.333. The van der Waals surface area contributed by atoms with E-state index in [1.54, 1.807) is 27.9 Å². The van der Waals surface area contributed by atoms with Gasteiger partial charge in [-0.25, -0.2) is 4.68 Å². The smallest absolute Gasteiger partial charge is 0.272 e. The number of likely N-dealkylation sites (N-methyl/N-ethyl adjacent to an activating group) is 1. The molecular weight excluding hydrogens is 334 g/mol. The van der Waals surface area contributed by atoms with Crippen LogP contribution in [0.15, 0.2) is 36.4 Å². The van der Waals surface area contributed by atoms with E-state index in [2.05, 4.69) is 15.7 Å². The highest BCUT2D eigenvalue weighted by Gasteiger charge is 2.19. The second kappa shape index (κ2) is 8.28. The van der Waals surface area contributed by atoms with Crippen molar-refractivity contribution in [2.75, 3.05) is 26.0 Å². The van der Waals surface area contributed by atoms with E-state index in [1.807, 2.05) is 30.3 Å². The number of carbonyl (C=O) groups is 3. The fourth-order valence-corrected chi connectivity index (χ4v) is 2.02. The van der Waals surface area contributed by atoms with Crippen LogP contribution in [0, 0.1) is 5.92 Å². The lowest BCUT2D eigenvalue weighted by Gasteiger charge is -2.10. The van der Waals surface area contributed by atoms with E-state index < -0.39 is 5.91 Å². The number of nitrogens with one attached hydrogen (secondary N) is 2. The summed E-state index contributed by atoms with van der Waals surface area (Å²) >= 11 is 0. The molecule has 2 rings (SSSR count). The highest BCUT2D eigenvalue weighted by Crippen LogP contribution is 2.18. The maximum Gasteiger partial charge on any atom is 0.272 e. The number of anilines is 1. The third kappa shape index (κ3) is 4.69. The summed E-state index contributed by atoms with van der Waals surface area (Å²) in [5, 5.41) is 9.58. The van der Waals surface area contributed by atoms with Gasteiger partial charge in [-0.05, 0) is 12.1 Å². The Kier molecular flexibility index (Phi) is 6.11. The predicted molar refractivity (Wildman–Crippen MR) is 98.1 cm³/mol. The topological polar surface area (TPSA) is 96.3 Å². The summed E-state index contributed by atoms with van der Waals surface area (Å²) in [6.07, 6.45) is 0.